The van der Waals surface area contributed by atoms with Crippen molar-refractivity contribution >= 4 is 22.7 Å². The summed E-state index contributed by atoms with van der Waals surface area (Å²) in [6, 6.07) is 9.31. The first kappa shape index (κ1) is 18.4. The molecule has 140 valence electrons. The SMILES string of the molecule is COc1ccc(CNC(=O)c2cn(C(C)=O)c3ccc(F)cc23)cc1OC. The lowest BCUT2D eigenvalue weighted by atomic mass is 10.1. The fourth-order valence-electron chi connectivity index (χ4n) is 2.91. The number of benzene rings is 2. The van der Waals surface area contributed by atoms with Gasteiger partial charge >= 0.3 is 0 Å². The van der Waals surface area contributed by atoms with Gasteiger partial charge < -0.3 is 14.8 Å². The van der Waals surface area contributed by atoms with Crippen LogP contribution in [-0.4, -0.2) is 30.6 Å². The molecule has 1 aromatic heterocycles. The molecule has 0 spiro atoms. The second-order valence-corrected chi connectivity index (χ2v) is 5.97. The van der Waals surface area contributed by atoms with E-state index in [9.17, 15) is 14.0 Å². The summed E-state index contributed by atoms with van der Waals surface area (Å²) >= 11 is 0. The van der Waals surface area contributed by atoms with Crippen LogP contribution in [0.5, 0.6) is 11.5 Å². The molecule has 0 aliphatic rings. The maximum absolute atomic E-state index is 13.6. The monoisotopic (exact) mass is 370 g/mol. The number of hydrogen-bond acceptors (Lipinski definition) is 4. The zero-order valence-corrected chi connectivity index (χ0v) is 15.2. The number of ether oxygens (including phenoxy) is 2. The lowest BCUT2D eigenvalue weighted by Crippen LogP contribution is -2.22. The molecule has 0 atom stereocenters. The van der Waals surface area contributed by atoms with Crippen LogP contribution in [0.3, 0.4) is 0 Å². The maximum atomic E-state index is 13.6. The molecular weight excluding hydrogens is 351 g/mol. The third kappa shape index (κ3) is 3.62. The average molecular weight is 370 g/mol. The fourth-order valence-corrected chi connectivity index (χ4v) is 2.91. The van der Waals surface area contributed by atoms with E-state index >= 15 is 0 Å². The van der Waals surface area contributed by atoms with Crippen LogP contribution in [0.1, 0.15) is 27.6 Å². The Bertz CT molecular complexity index is 1030. The minimum absolute atomic E-state index is 0.236. The molecule has 2 aromatic carbocycles. The molecule has 3 aromatic rings. The van der Waals surface area contributed by atoms with E-state index in [1.807, 2.05) is 0 Å². The molecular formula is C20H19FN2O4. The van der Waals surface area contributed by atoms with E-state index in [0.717, 1.165) is 5.56 Å². The van der Waals surface area contributed by atoms with Gasteiger partial charge in [-0.05, 0) is 35.9 Å². The summed E-state index contributed by atoms with van der Waals surface area (Å²) in [7, 11) is 3.08. The Balaban J connectivity index is 1.86. The number of carbonyl (C=O) groups is 2. The molecule has 6 nitrogen and oxygen atoms in total. The van der Waals surface area contributed by atoms with Crippen LogP contribution in [-0.2, 0) is 6.54 Å². The predicted molar refractivity (Wildman–Crippen MR) is 98.9 cm³/mol. The van der Waals surface area contributed by atoms with Gasteiger partial charge in [0.15, 0.2) is 11.5 Å². The van der Waals surface area contributed by atoms with Gasteiger partial charge in [-0.1, -0.05) is 6.07 Å². The summed E-state index contributed by atoms with van der Waals surface area (Å²) in [4.78, 5) is 24.4. The predicted octanol–water partition coefficient (Wildman–Crippen LogP) is 3.39. The fraction of sp³-hybridized carbons (Fsp3) is 0.200. The highest BCUT2D eigenvalue weighted by Gasteiger charge is 2.17. The summed E-state index contributed by atoms with van der Waals surface area (Å²) in [5, 5.41) is 3.17. The van der Waals surface area contributed by atoms with Crippen molar-refractivity contribution in [3.8, 4) is 11.5 Å². The molecule has 0 radical (unpaired) electrons. The number of nitrogens with one attached hydrogen (secondary N) is 1. The first-order valence-electron chi connectivity index (χ1n) is 8.25. The number of halogens is 1. The van der Waals surface area contributed by atoms with Crippen molar-refractivity contribution in [2.45, 2.75) is 13.5 Å². The van der Waals surface area contributed by atoms with Crippen LogP contribution in [0.4, 0.5) is 4.39 Å². The Morgan fingerprint density at radius 1 is 1.07 bits per heavy atom. The molecule has 7 heteroatoms. The Kier molecular flexibility index (Phi) is 5.12. The van der Waals surface area contributed by atoms with E-state index in [1.54, 1.807) is 25.3 Å². The van der Waals surface area contributed by atoms with Gasteiger partial charge in [-0.15, -0.1) is 0 Å². The number of hydrogen-bond donors (Lipinski definition) is 1. The summed E-state index contributed by atoms with van der Waals surface area (Å²) in [6.45, 7) is 1.62. The van der Waals surface area contributed by atoms with Crippen molar-refractivity contribution in [1.29, 1.82) is 0 Å². The standard InChI is InChI=1S/C20H19FN2O4/c1-12(24)23-11-16(15-9-14(21)5-6-17(15)23)20(25)22-10-13-4-7-18(26-2)19(8-13)27-3/h4-9,11H,10H2,1-3H3,(H,22,25). The van der Waals surface area contributed by atoms with Crippen molar-refractivity contribution < 1.29 is 23.5 Å². The Morgan fingerprint density at radius 2 is 1.81 bits per heavy atom. The molecule has 0 unspecified atom stereocenters. The summed E-state index contributed by atoms with van der Waals surface area (Å²) in [6.07, 6.45) is 1.43. The van der Waals surface area contributed by atoms with Crippen molar-refractivity contribution in [2.75, 3.05) is 14.2 Å². The van der Waals surface area contributed by atoms with Crippen LogP contribution in [0, 0.1) is 5.82 Å². The van der Waals surface area contributed by atoms with Gasteiger partial charge in [0, 0.05) is 25.1 Å². The first-order chi connectivity index (χ1) is 12.9. The van der Waals surface area contributed by atoms with Gasteiger partial charge in [0.2, 0.25) is 5.91 Å². The second kappa shape index (κ2) is 7.49. The van der Waals surface area contributed by atoms with Gasteiger partial charge in [-0.3, -0.25) is 14.2 Å². The van der Waals surface area contributed by atoms with Gasteiger partial charge in [0.25, 0.3) is 5.91 Å². The number of rotatable bonds is 5. The largest absolute Gasteiger partial charge is 0.493 e. The van der Waals surface area contributed by atoms with E-state index in [4.69, 9.17) is 9.47 Å². The summed E-state index contributed by atoms with van der Waals surface area (Å²) in [5.41, 5.74) is 1.53. The van der Waals surface area contributed by atoms with Crippen molar-refractivity contribution in [2.24, 2.45) is 0 Å². The lowest BCUT2D eigenvalue weighted by Gasteiger charge is -2.10. The Labute approximate surface area is 155 Å². The van der Waals surface area contributed by atoms with Gasteiger partial charge in [0.05, 0.1) is 25.3 Å². The Hall–Kier alpha value is -3.35. The van der Waals surface area contributed by atoms with Gasteiger partial charge in [-0.25, -0.2) is 4.39 Å². The van der Waals surface area contributed by atoms with Crippen LogP contribution in [0.15, 0.2) is 42.6 Å². The smallest absolute Gasteiger partial charge is 0.253 e. The molecule has 0 aliphatic heterocycles. The molecule has 0 saturated carbocycles. The highest BCUT2D eigenvalue weighted by atomic mass is 19.1. The van der Waals surface area contributed by atoms with Crippen LogP contribution < -0.4 is 14.8 Å². The molecule has 27 heavy (non-hydrogen) atoms. The lowest BCUT2D eigenvalue weighted by molar-refractivity contribution is 0.0941. The van der Waals surface area contributed by atoms with E-state index in [1.165, 1.54) is 43.0 Å². The number of carbonyl (C=O) groups excluding carboxylic acids is 2. The van der Waals surface area contributed by atoms with Crippen molar-refractivity contribution in [3.63, 3.8) is 0 Å². The van der Waals surface area contributed by atoms with E-state index in [2.05, 4.69) is 5.32 Å². The van der Waals surface area contributed by atoms with Crippen LogP contribution >= 0.6 is 0 Å². The molecule has 3 rings (SSSR count). The minimum Gasteiger partial charge on any atom is -0.493 e. The minimum atomic E-state index is -0.474. The maximum Gasteiger partial charge on any atom is 0.253 e. The van der Waals surface area contributed by atoms with Gasteiger partial charge in [0.1, 0.15) is 5.82 Å². The molecule has 1 N–H and O–H groups in total. The molecule has 0 aliphatic carbocycles. The number of amides is 1. The Morgan fingerprint density at radius 3 is 2.48 bits per heavy atom. The highest BCUT2D eigenvalue weighted by Crippen LogP contribution is 2.27. The van der Waals surface area contributed by atoms with E-state index < -0.39 is 11.7 Å². The molecule has 0 fully saturated rings. The number of fused-ring (bicyclic) bond motifs is 1. The third-order valence-electron chi connectivity index (χ3n) is 4.25. The average Bonchev–Trinajstić information content (AvgIpc) is 3.04. The summed E-state index contributed by atoms with van der Waals surface area (Å²) in [5.74, 6) is 0.00996. The van der Waals surface area contributed by atoms with Crippen molar-refractivity contribution in [3.05, 3.63) is 59.5 Å². The van der Waals surface area contributed by atoms with Crippen LogP contribution in [0.2, 0.25) is 0 Å². The molecule has 0 bridgehead atoms. The summed E-state index contributed by atoms with van der Waals surface area (Å²) < 4.78 is 25.4. The molecule has 0 saturated heterocycles. The van der Waals surface area contributed by atoms with E-state index in [-0.39, 0.29) is 18.0 Å². The zero-order valence-electron chi connectivity index (χ0n) is 15.2. The number of methoxy groups -OCH3 is 2. The quantitative estimate of drug-likeness (QED) is 0.747. The first-order valence-corrected chi connectivity index (χ1v) is 8.25. The van der Waals surface area contributed by atoms with Crippen molar-refractivity contribution in [1.82, 2.24) is 9.88 Å². The number of aromatic nitrogens is 1. The molecule has 1 heterocycles. The van der Waals surface area contributed by atoms with E-state index in [0.29, 0.717) is 22.4 Å². The number of nitrogens with zero attached hydrogens (tertiary/aromatic N) is 1. The second-order valence-electron chi connectivity index (χ2n) is 5.97. The third-order valence-corrected chi connectivity index (χ3v) is 4.25. The van der Waals surface area contributed by atoms with Crippen LogP contribution in [0.25, 0.3) is 10.9 Å². The zero-order chi connectivity index (χ0) is 19.6. The normalized spacial score (nSPS) is 10.7. The van der Waals surface area contributed by atoms with Gasteiger partial charge in [-0.2, -0.15) is 0 Å². The highest BCUT2D eigenvalue weighted by molar-refractivity contribution is 6.09. The topological polar surface area (TPSA) is 69.6 Å². The molecule has 1 amide bonds.